The summed E-state index contributed by atoms with van der Waals surface area (Å²) in [6.07, 6.45) is 10.3. The third kappa shape index (κ3) is 7.21. The van der Waals surface area contributed by atoms with Crippen molar-refractivity contribution in [1.29, 1.82) is 0 Å². The molecule has 3 aromatic carbocycles. The van der Waals surface area contributed by atoms with E-state index < -0.39 is 17.5 Å². The third-order valence-electron chi connectivity index (χ3n) is 7.69. The van der Waals surface area contributed by atoms with Crippen LogP contribution in [0.1, 0.15) is 74.5 Å². The van der Waals surface area contributed by atoms with Crippen LogP contribution >= 0.6 is 0 Å². The number of ether oxygens (including phenoxy) is 1. The number of halogens is 3. The molecule has 3 aromatic rings. The Morgan fingerprint density at radius 3 is 2.31 bits per heavy atom. The van der Waals surface area contributed by atoms with Crippen LogP contribution in [-0.2, 0) is 0 Å². The Balaban J connectivity index is 1.40. The highest BCUT2D eigenvalue weighted by Gasteiger charge is 2.29. The number of hydrogen-bond donors (Lipinski definition) is 1. The highest BCUT2D eigenvalue weighted by atomic mass is 19.2. The lowest BCUT2D eigenvalue weighted by atomic mass is 9.76. The SMILES string of the molecule is C=CCCOc1ccc(-c2ccc(/C=C/c3ccc(C4CCC(C(O)CCC)CC4)c(F)c3F)cc2)cc1F. The molecule has 206 valence electrons. The summed E-state index contributed by atoms with van der Waals surface area (Å²) in [5.74, 6) is -1.60. The molecule has 2 nitrogen and oxygen atoms in total. The predicted molar refractivity (Wildman–Crippen MR) is 153 cm³/mol. The van der Waals surface area contributed by atoms with Crippen LogP contribution in [0.4, 0.5) is 13.2 Å². The lowest BCUT2D eigenvalue weighted by molar-refractivity contribution is 0.0727. The van der Waals surface area contributed by atoms with Crippen molar-refractivity contribution in [2.75, 3.05) is 6.61 Å². The largest absolute Gasteiger partial charge is 0.490 e. The van der Waals surface area contributed by atoms with Crippen molar-refractivity contribution in [3.63, 3.8) is 0 Å². The average Bonchev–Trinajstić information content (AvgIpc) is 2.95. The topological polar surface area (TPSA) is 29.5 Å². The Morgan fingerprint density at radius 1 is 0.923 bits per heavy atom. The fraction of sp³-hybridized carbons (Fsp3) is 0.353. The molecule has 1 N–H and O–H groups in total. The minimum absolute atomic E-state index is 0.0206. The van der Waals surface area contributed by atoms with Crippen molar-refractivity contribution < 1.29 is 23.0 Å². The summed E-state index contributed by atoms with van der Waals surface area (Å²) in [7, 11) is 0. The van der Waals surface area contributed by atoms with Gasteiger partial charge in [-0.25, -0.2) is 13.2 Å². The molecule has 0 bridgehead atoms. The van der Waals surface area contributed by atoms with Gasteiger partial charge in [0.15, 0.2) is 23.2 Å². The van der Waals surface area contributed by atoms with E-state index >= 15 is 4.39 Å². The number of hydrogen-bond acceptors (Lipinski definition) is 2. The number of rotatable bonds is 11. The molecular formula is C34H37F3O2. The first kappa shape index (κ1) is 28.7. The maximum Gasteiger partial charge on any atom is 0.166 e. The van der Waals surface area contributed by atoms with Crippen LogP contribution in [0, 0.1) is 23.4 Å². The quantitative estimate of drug-likeness (QED) is 0.151. The predicted octanol–water partition coefficient (Wildman–Crippen LogP) is 9.33. The number of aliphatic hydroxyl groups is 1. The van der Waals surface area contributed by atoms with Crippen LogP contribution in [-0.4, -0.2) is 17.8 Å². The molecule has 0 aliphatic heterocycles. The second kappa shape index (κ2) is 13.7. The monoisotopic (exact) mass is 534 g/mol. The zero-order chi connectivity index (χ0) is 27.8. The van der Waals surface area contributed by atoms with E-state index in [0.717, 1.165) is 55.2 Å². The van der Waals surface area contributed by atoms with Crippen molar-refractivity contribution in [2.45, 2.75) is 63.9 Å². The van der Waals surface area contributed by atoms with Gasteiger partial charge in [-0.05, 0) is 84.7 Å². The van der Waals surface area contributed by atoms with E-state index in [2.05, 4.69) is 13.5 Å². The summed E-state index contributed by atoms with van der Waals surface area (Å²) in [4.78, 5) is 0. The fourth-order valence-corrected chi connectivity index (χ4v) is 5.39. The highest BCUT2D eigenvalue weighted by Crippen LogP contribution is 2.39. The molecular weight excluding hydrogens is 497 g/mol. The molecule has 0 saturated heterocycles. The minimum atomic E-state index is -0.834. The molecule has 1 aliphatic rings. The number of benzene rings is 3. The maximum atomic E-state index is 15.0. The van der Waals surface area contributed by atoms with Gasteiger partial charge in [0.05, 0.1) is 12.7 Å². The van der Waals surface area contributed by atoms with Crippen LogP contribution in [0.15, 0.2) is 67.3 Å². The lowest BCUT2D eigenvalue weighted by Crippen LogP contribution is -2.25. The van der Waals surface area contributed by atoms with E-state index in [4.69, 9.17) is 4.74 Å². The van der Waals surface area contributed by atoms with E-state index in [1.54, 1.807) is 42.5 Å². The van der Waals surface area contributed by atoms with Gasteiger partial charge in [-0.3, -0.25) is 0 Å². The molecule has 1 unspecified atom stereocenters. The van der Waals surface area contributed by atoms with Gasteiger partial charge in [-0.1, -0.05) is 74.0 Å². The smallest absolute Gasteiger partial charge is 0.166 e. The Morgan fingerprint density at radius 2 is 1.64 bits per heavy atom. The summed E-state index contributed by atoms with van der Waals surface area (Å²) in [5, 5.41) is 10.3. The van der Waals surface area contributed by atoms with Crippen LogP contribution in [0.5, 0.6) is 5.75 Å². The molecule has 0 radical (unpaired) electrons. The van der Waals surface area contributed by atoms with Crippen LogP contribution in [0.2, 0.25) is 0 Å². The summed E-state index contributed by atoms with van der Waals surface area (Å²) >= 11 is 0. The van der Waals surface area contributed by atoms with E-state index in [0.29, 0.717) is 18.6 Å². The standard InChI is InChI=1S/C34H37F3O2/c1-3-5-21-39-32-20-18-28(22-30(32)35)24-10-7-23(8-11-24)9-12-27-17-19-29(34(37)33(27)36)25-13-15-26(16-14-25)31(38)6-4-2/h3,7-12,17-20,22,25-26,31,38H,1,4-6,13-16,21H2,2H3/b12-9+. The normalized spacial score (nSPS) is 18.3. The zero-order valence-electron chi connectivity index (χ0n) is 22.5. The summed E-state index contributed by atoms with van der Waals surface area (Å²) in [5.41, 5.74) is 3.00. The van der Waals surface area contributed by atoms with Crippen LogP contribution in [0.3, 0.4) is 0 Å². The molecule has 1 atom stereocenters. The van der Waals surface area contributed by atoms with E-state index in [1.807, 2.05) is 24.3 Å². The van der Waals surface area contributed by atoms with E-state index in [1.165, 1.54) is 6.07 Å². The summed E-state index contributed by atoms with van der Waals surface area (Å²) in [6.45, 7) is 6.06. The van der Waals surface area contributed by atoms with Gasteiger partial charge < -0.3 is 9.84 Å². The zero-order valence-corrected chi connectivity index (χ0v) is 22.5. The first-order valence-corrected chi connectivity index (χ1v) is 13.9. The number of aliphatic hydroxyl groups excluding tert-OH is 1. The fourth-order valence-electron chi connectivity index (χ4n) is 5.39. The Hall–Kier alpha value is -3.31. The average molecular weight is 535 g/mol. The molecule has 1 saturated carbocycles. The molecule has 0 heterocycles. The highest BCUT2D eigenvalue weighted by molar-refractivity contribution is 5.72. The molecule has 5 heteroatoms. The van der Waals surface area contributed by atoms with Gasteiger partial charge in [0.2, 0.25) is 0 Å². The Bertz CT molecular complexity index is 1270. The molecule has 1 aliphatic carbocycles. The molecule has 0 amide bonds. The van der Waals surface area contributed by atoms with E-state index in [-0.39, 0.29) is 29.3 Å². The van der Waals surface area contributed by atoms with Crippen molar-refractivity contribution in [3.05, 3.63) is 101 Å². The lowest BCUT2D eigenvalue weighted by Gasteiger charge is -2.32. The first-order chi connectivity index (χ1) is 18.9. The van der Waals surface area contributed by atoms with Crippen molar-refractivity contribution in [2.24, 2.45) is 5.92 Å². The Labute approximate surface area is 229 Å². The maximum absolute atomic E-state index is 15.0. The van der Waals surface area contributed by atoms with E-state index in [9.17, 15) is 13.9 Å². The molecule has 0 spiro atoms. The van der Waals surface area contributed by atoms with Crippen molar-refractivity contribution in [3.8, 4) is 16.9 Å². The van der Waals surface area contributed by atoms with Gasteiger partial charge in [-0.15, -0.1) is 6.58 Å². The summed E-state index contributed by atoms with van der Waals surface area (Å²) < 4.78 is 49.8. The van der Waals surface area contributed by atoms with Crippen molar-refractivity contribution in [1.82, 2.24) is 0 Å². The second-order valence-electron chi connectivity index (χ2n) is 10.4. The van der Waals surface area contributed by atoms with Crippen molar-refractivity contribution >= 4 is 12.2 Å². The molecule has 39 heavy (non-hydrogen) atoms. The Kier molecular flexibility index (Phi) is 10.0. The van der Waals surface area contributed by atoms with Gasteiger partial charge >= 0.3 is 0 Å². The van der Waals surface area contributed by atoms with Gasteiger partial charge in [0.25, 0.3) is 0 Å². The summed E-state index contributed by atoms with van der Waals surface area (Å²) in [6, 6.07) is 15.6. The molecule has 4 rings (SSSR count). The molecule has 0 aromatic heterocycles. The second-order valence-corrected chi connectivity index (χ2v) is 10.4. The van der Waals surface area contributed by atoms with Crippen LogP contribution in [0.25, 0.3) is 23.3 Å². The first-order valence-electron chi connectivity index (χ1n) is 13.9. The minimum Gasteiger partial charge on any atom is -0.490 e. The third-order valence-corrected chi connectivity index (χ3v) is 7.69. The van der Waals surface area contributed by atoms with Crippen LogP contribution < -0.4 is 4.74 Å². The van der Waals surface area contributed by atoms with Gasteiger partial charge in [0.1, 0.15) is 0 Å². The van der Waals surface area contributed by atoms with Gasteiger partial charge in [0, 0.05) is 5.56 Å². The van der Waals surface area contributed by atoms with Gasteiger partial charge in [-0.2, -0.15) is 0 Å². The molecule has 1 fully saturated rings.